The number of aromatic nitrogens is 4. The molecule has 0 radical (unpaired) electrons. The van der Waals surface area contributed by atoms with E-state index in [4.69, 9.17) is 9.72 Å². The number of hydrogen-bond acceptors (Lipinski definition) is 11. The molecule has 45 heavy (non-hydrogen) atoms. The SMILES string of the molecule is COc1cc(N2CCC(N(C)C)CC2)c(-c2ccsc2)cc1Nc1ncc(Br)c(Nc2ccc3nccnc3c2P(C)(C)=O)n1. The van der Waals surface area contributed by atoms with Crippen LogP contribution >= 0.6 is 34.4 Å². The maximum absolute atomic E-state index is 13.4. The van der Waals surface area contributed by atoms with Crippen molar-refractivity contribution in [3.8, 4) is 16.9 Å². The Balaban J connectivity index is 1.34. The molecule has 1 saturated heterocycles. The van der Waals surface area contributed by atoms with Gasteiger partial charge >= 0.3 is 0 Å². The Morgan fingerprint density at radius 2 is 1.82 bits per heavy atom. The molecular weight excluding hydrogens is 671 g/mol. The number of methoxy groups -OCH3 is 1. The summed E-state index contributed by atoms with van der Waals surface area (Å²) in [6.45, 7) is 5.42. The van der Waals surface area contributed by atoms with E-state index in [1.165, 1.54) is 0 Å². The lowest BCUT2D eigenvalue weighted by Gasteiger charge is -2.37. The second-order valence-electron chi connectivity index (χ2n) is 11.6. The summed E-state index contributed by atoms with van der Waals surface area (Å²) in [5.41, 5.74) is 6.14. The Morgan fingerprint density at radius 1 is 1.04 bits per heavy atom. The summed E-state index contributed by atoms with van der Waals surface area (Å²) < 4.78 is 20.0. The van der Waals surface area contributed by atoms with Crippen LogP contribution < -0.4 is 25.6 Å². The van der Waals surface area contributed by atoms with Crippen LogP contribution in [0.4, 0.5) is 28.8 Å². The quantitative estimate of drug-likeness (QED) is 0.153. The van der Waals surface area contributed by atoms with Crippen molar-refractivity contribution in [2.45, 2.75) is 18.9 Å². The first-order valence-corrected chi connectivity index (χ1v) is 19.0. The summed E-state index contributed by atoms with van der Waals surface area (Å²) >= 11 is 5.26. The van der Waals surface area contributed by atoms with Crippen LogP contribution in [0.15, 0.2) is 64.2 Å². The van der Waals surface area contributed by atoms with Crippen LogP contribution in [0.1, 0.15) is 12.8 Å². The number of benzene rings is 2. The fourth-order valence-corrected chi connectivity index (χ4v) is 8.14. The second kappa shape index (κ2) is 13.0. The lowest BCUT2D eigenvalue weighted by atomic mass is 9.99. The van der Waals surface area contributed by atoms with E-state index in [-0.39, 0.29) is 0 Å². The van der Waals surface area contributed by atoms with Crippen LogP contribution in [0.25, 0.3) is 22.2 Å². The summed E-state index contributed by atoms with van der Waals surface area (Å²) in [5.74, 6) is 1.60. The van der Waals surface area contributed by atoms with Gasteiger partial charge in [0.15, 0.2) is 0 Å². The first-order chi connectivity index (χ1) is 21.6. The van der Waals surface area contributed by atoms with E-state index in [0.29, 0.717) is 50.1 Å². The van der Waals surface area contributed by atoms with Crippen LogP contribution in [0.5, 0.6) is 5.75 Å². The van der Waals surface area contributed by atoms with E-state index in [1.807, 2.05) is 12.1 Å². The first-order valence-electron chi connectivity index (χ1n) is 14.6. The van der Waals surface area contributed by atoms with E-state index in [0.717, 1.165) is 48.4 Å². The Kier molecular flexibility index (Phi) is 9.10. The number of halogens is 1. The van der Waals surface area contributed by atoms with E-state index >= 15 is 0 Å². The molecule has 234 valence electrons. The number of thiophene rings is 1. The highest BCUT2D eigenvalue weighted by Gasteiger charge is 2.25. The van der Waals surface area contributed by atoms with Gasteiger partial charge in [-0.05, 0) is 96.8 Å². The highest BCUT2D eigenvalue weighted by molar-refractivity contribution is 9.10. The minimum absolute atomic E-state index is 0.383. The van der Waals surface area contributed by atoms with Gasteiger partial charge in [-0.15, -0.1) is 0 Å². The number of rotatable bonds is 9. The summed E-state index contributed by atoms with van der Waals surface area (Å²) in [6.07, 6.45) is 7.15. The van der Waals surface area contributed by atoms with Gasteiger partial charge in [-0.2, -0.15) is 16.3 Å². The predicted octanol–water partition coefficient (Wildman–Crippen LogP) is 7.19. The standard InChI is InChI=1S/C32H36BrN8O2PS/c1-40(2)21-8-13-41(14-9-21)27-17-28(43-3)26(16-22(27)20-10-15-45-19-20)38-32-36-18-23(33)31(39-32)37-25-7-6-24-29(35-12-11-34-24)30(25)44(4,5)42/h6-7,10-12,15-19,21H,8-9,13-14H2,1-5H3,(H2,36,37,38,39). The largest absolute Gasteiger partial charge is 0.494 e. The maximum atomic E-state index is 13.4. The molecule has 0 spiro atoms. The van der Waals surface area contributed by atoms with E-state index in [9.17, 15) is 4.57 Å². The molecule has 10 nitrogen and oxygen atoms in total. The van der Waals surface area contributed by atoms with Crippen LogP contribution in [-0.2, 0) is 4.57 Å². The number of nitrogens with zero attached hydrogens (tertiary/aromatic N) is 6. The lowest BCUT2D eigenvalue weighted by Crippen LogP contribution is -2.42. The molecule has 13 heteroatoms. The summed E-state index contributed by atoms with van der Waals surface area (Å²) in [6, 6.07) is 10.7. The van der Waals surface area contributed by atoms with Gasteiger partial charge in [0, 0.05) is 55.0 Å². The molecular formula is C32H36BrN8O2PS. The van der Waals surface area contributed by atoms with Crippen molar-refractivity contribution in [2.24, 2.45) is 0 Å². The van der Waals surface area contributed by atoms with Crippen molar-refractivity contribution in [3.63, 3.8) is 0 Å². The smallest absolute Gasteiger partial charge is 0.229 e. The molecule has 0 atom stereocenters. The third-order valence-electron chi connectivity index (χ3n) is 8.08. The van der Waals surface area contributed by atoms with Crippen LogP contribution in [-0.4, -0.2) is 78.5 Å². The molecule has 0 aliphatic carbocycles. The third kappa shape index (κ3) is 6.70. The molecule has 0 saturated carbocycles. The topological polar surface area (TPSA) is 108 Å². The van der Waals surface area contributed by atoms with Crippen LogP contribution in [0.2, 0.25) is 0 Å². The zero-order valence-corrected chi connectivity index (χ0v) is 29.2. The molecule has 0 unspecified atom stereocenters. The van der Waals surface area contributed by atoms with Gasteiger partial charge in [-0.3, -0.25) is 9.97 Å². The number of nitrogens with one attached hydrogen (secondary N) is 2. The molecule has 2 N–H and O–H groups in total. The fourth-order valence-electron chi connectivity index (χ4n) is 5.80. The van der Waals surface area contributed by atoms with Gasteiger partial charge < -0.3 is 29.7 Å². The van der Waals surface area contributed by atoms with Gasteiger partial charge in [-0.1, -0.05) is 0 Å². The second-order valence-corrected chi connectivity index (χ2v) is 16.4. The van der Waals surface area contributed by atoms with Gasteiger partial charge in [0.1, 0.15) is 24.2 Å². The highest BCUT2D eigenvalue weighted by Crippen LogP contribution is 2.43. The van der Waals surface area contributed by atoms with Crippen molar-refractivity contribution in [2.75, 3.05) is 63.2 Å². The number of fused-ring (bicyclic) bond motifs is 1. The van der Waals surface area contributed by atoms with Gasteiger partial charge in [0.2, 0.25) is 5.95 Å². The minimum Gasteiger partial charge on any atom is -0.494 e. The summed E-state index contributed by atoms with van der Waals surface area (Å²) in [5, 5.41) is 11.7. The number of ether oxygens (including phenoxy) is 1. The van der Waals surface area contributed by atoms with Gasteiger partial charge in [0.25, 0.3) is 0 Å². The molecule has 6 rings (SSSR count). The third-order valence-corrected chi connectivity index (χ3v) is 10.9. The van der Waals surface area contributed by atoms with Crippen molar-refractivity contribution in [1.29, 1.82) is 0 Å². The first kappa shape index (κ1) is 31.4. The Hall–Kier alpha value is -3.57. The lowest BCUT2D eigenvalue weighted by molar-refractivity contribution is 0.249. The average molecular weight is 708 g/mol. The van der Waals surface area contributed by atoms with Crippen LogP contribution in [0.3, 0.4) is 0 Å². The van der Waals surface area contributed by atoms with E-state index < -0.39 is 7.14 Å². The summed E-state index contributed by atoms with van der Waals surface area (Å²) in [4.78, 5) is 23.0. The van der Waals surface area contributed by atoms with Crippen molar-refractivity contribution < 1.29 is 9.30 Å². The Bertz CT molecular complexity index is 1870. The highest BCUT2D eigenvalue weighted by atomic mass is 79.9. The predicted molar refractivity (Wildman–Crippen MR) is 190 cm³/mol. The van der Waals surface area contributed by atoms with Crippen molar-refractivity contribution >= 4 is 79.6 Å². The van der Waals surface area contributed by atoms with Crippen LogP contribution in [0, 0.1) is 0 Å². The number of piperidine rings is 1. The Morgan fingerprint density at radius 3 is 2.51 bits per heavy atom. The minimum atomic E-state index is -2.75. The van der Waals surface area contributed by atoms with E-state index in [1.54, 1.807) is 50.4 Å². The summed E-state index contributed by atoms with van der Waals surface area (Å²) in [7, 11) is 3.25. The normalized spacial score (nSPS) is 14.2. The molecule has 0 amide bonds. The molecule has 1 aliphatic rings. The average Bonchev–Trinajstić information content (AvgIpc) is 3.57. The molecule has 0 bridgehead atoms. The van der Waals surface area contributed by atoms with Crippen molar-refractivity contribution in [1.82, 2.24) is 24.8 Å². The number of hydrogen-bond donors (Lipinski definition) is 2. The molecule has 3 aromatic heterocycles. The Labute approximate surface area is 275 Å². The number of anilines is 5. The van der Waals surface area contributed by atoms with Gasteiger partial charge in [-0.25, -0.2) is 4.98 Å². The zero-order chi connectivity index (χ0) is 31.7. The monoisotopic (exact) mass is 706 g/mol. The molecule has 4 heterocycles. The molecule has 1 aliphatic heterocycles. The zero-order valence-electron chi connectivity index (χ0n) is 25.9. The molecule has 2 aromatic carbocycles. The maximum Gasteiger partial charge on any atom is 0.229 e. The van der Waals surface area contributed by atoms with Gasteiger partial charge in [0.05, 0.1) is 33.8 Å². The van der Waals surface area contributed by atoms with Crippen molar-refractivity contribution in [3.05, 3.63) is 64.2 Å². The molecule has 5 aromatic rings. The molecule has 1 fully saturated rings. The van der Waals surface area contributed by atoms with E-state index in [2.05, 4.69) is 94.4 Å². The fraction of sp³-hybridized carbons (Fsp3) is 0.312.